The maximum Gasteiger partial charge on any atom is 0.307 e. The van der Waals surface area contributed by atoms with Gasteiger partial charge >= 0.3 is 5.97 Å². The highest BCUT2D eigenvalue weighted by atomic mass is 19.2. The number of carboxylic acids is 1. The van der Waals surface area contributed by atoms with Crippen molar-refractivity contribution in [2.75, 3.05) is 13.1 Å². The van der Waals surface area contributed by atoms with E-state index in [-0.39, 0.29) is 5.92 Å². The molecule has 1 fully saturated rings. The Kier molecular flexibility index (Phi) is 4.90. The van der Waals surface area contributed by atoms with Crippen LogP contribution in [0.2, 0.25) is 0 Å². The number of benzene rings is 2. The van der Waals surface area contributed by atoms with Gasteiger partial charge < -0.3 is 5.11 Å². The summed E-state index contributed by atoms with van der Waals surface area (Å²) in [5.74, 6) is -2.91. The molecule has 5 heteroatoms. The van der Waals surface area contributed by atoms with Crippen LogP contribution in [0.3, 0.4) is 0 Å². The Labute approximate surface area is 139 Å². The van der Waals surface area contributed by atoms with Crippen molar-refractivity contribution in [3.05, 3.63) is 71.3 Å². The highest BCUT2D eigenvalue weighted by Gasteiger charge is 2.32. The van der Waals surface area contributed by atoms with Crippen LogP contribution in [0.1, 0.15) is 23.5 Å². The number of rotatable bonds is 4. The van der Waals surface area contributed by atoms with Crippen LogP contribution in [0, 0.1) is 17.6 Å². The number of halogens is 2. The van der Waals surface area contributed by atoms with Crippen molar-refractivity contribution >= 4 is 5.97 Å². The smallest absolute Gasteiger partial charge is 0.307 e. The predicted molar refractivity (Wildman–Crippen MR) is 86.6 cm³/mol. The van der Waals surface area contributed by atoms with Crippen LogP contribution in [0.4, 0.5) is 8.78 Å². The summed E-state index contributed by atoms with van der Waals surface area (Å²) in [6, 6.07) is 13.7. The molecule has 0 saturated carbocycles. The molecule has 0 aliphatic carbocycles. The zero-order valence-corrected chi connectivity index (χ0v) is 13.2. The van der Waals surface area contributed by atoms with Gasteiger partial charge in [-0.2, -0.15) is 0 Å². The third-order valence-electron chi connectivity index (χ3n) is 4.54. The van der Waals surface area contributed by atoms with Crippen LogP contribution in [-0.4, -0.2) is 29.1 Å². The van der Waals surface area contributed by atoms with Gasteiger partial charge in [0.2, 0.25) is 0 Å². The van der Waals surface area contributed by atoms with Crippen molar-refractivity contribution in [1.82, 2.24) is 4.90 Å². The van der Waals surface area contributed by atoms with E-state index >= 15 is 0 Å². The van der Waals surface area contributed by atoms with Crippen LogP contribution in [0.25, 0.3) is 0 Å². The van der Waals surface area contributed by atoms with Crippen molar-refractivity contribution in [1.29, 1.82) is 0 Å². The molecule has 1 aliphatic heterocycles. The van der Waals surface area contributed by atoms with E-state index in [9.17, 15) is 18.7 Å². The summed E-state index contributed by atoms with van der Waals surface area (Å²) in [5, 5.41) is 9.43. The van der Waals surface area contributed by atoms with Gasteiger partial charge in [0.1, 0.15) is 0 Å². The first-order chi connectivity index (χ1) is 11.5. The van der Waals surface area contributed by atoms with Gasteiger partial charge in [-0.1, -0.05) is 36.4 Å². The van der Waals surface area contributed by atoms with E-state index in [1.165, 1.54) is 6.07 Å². The molecule has 0 aromatic heterocycles. The summed E-state index contributed by atoms with van der Waals surface area (Å²) in [4.78, 5) is 13.5. The van der Waals surface area contributed by atoms with E-state index in [4.69, 9.17) is 0 Å². The fourth-order valence-corrected chi connectivity index (χ4v) is 3.36. The van der Waals surface area contributed by atoms with Gasteiger partial charge in [-0.25, -0.2) is 8.78 Å². The molecule has 1 saturated heterocycles. The van der Waals surface area contributed by atoms with Crippen molar-refractivity contribution < 1.29 is 18.7 Å². The zero-order valence-electron chi connectivity index (χ0n) is 13.2. The number of carbonyl (C=O) groups is 1. The molecule has 0 amide bonds. The largest absolute Gasteiger partial charge is 0.481 e. The molecular weight excluding hydrogens is 312 g/mol. The molecular formula is C19H19F2NO2. The Bertz CT molecular complexity index is 721. The number of likely N-dealkylation sites (tertiary alicyclic amines) is 1. The maximum atomic E-state index is 13.4. The Morgan fingerprint density at radius 2 is 1.83 bits per heavy atom. The molecule has 2 aromatic rings. The number of hydrogen-bond acceptors (Lipinski definition) is 2. The van der Waals surface area contributed by atoms with Gasteiger partial charge in [0.25, 0.3) is 0 Å². The Hall–Kier alpha value is -2.27. The number of hydrogen-bond donors (Lipinski definition) is 1. The number of carboxylic acid groups (broad SMARTS) is 1. The van der Waals surface area contributed by atoms with Gasteiger partial charge in [0.15, 0.2) is 11.6 Å². The first-order valence-electron chi connectivity index (χ1n) is 7.97. The zero-order chi connectivity index (χ0) is 17.1. The van der Waals surface area contributed by atoms with Crippen molar-refractivity contribution in [3.63, 3.8) is 0 Å². The third kappa shape index (κ3) is 3.79. The minimum absolute atomic E-state index is 0.117. The fraction of sp³-hybridized carbons (Fsp3) is 0.316. The van der Waals surface area contributed by atoms with Crippen LogP contribution in [0.15, 0.2) is 48.5 Å². The predicted octanol–water partition coefficient (Wildman–Crippen LogP) is 3.66. The third-order valence-corrected chi connectivity index (χ3v) is 4.54. The standard InChI is InChI=1S/C19H19F2NO2/c20-17-7-6-13(8-18(17)21)10-22-11-15(9-16(12-22)19(23)24)14-4-2-1-3-5-14/h1-8,15-16H,9-12H2,(H,23,24). The minimum atomic E-state index is -0.876. The van der Waals surface area contributed by atoms with Crippen molar-refractivity contribution in [2.45, 2.75) is 18.9 Å². The number of nitrogens with zero attached hydrogens (tertiary/aromatic N) is 1. The second-order valence-electron chi connectivity index (χ2n) is 6.32. The molecule has 126 valence electrons. The van der Waals surface area contributed by atoms with E-state index in [0.29, 0.717) is 31.6 Å². The van der Waals surface area contributed by atoms with Crippen LogP contribution in [0.5, 0.6) is 0 Å². The van der Waals surface area contributed by atoms with Crippen LogP contribution >= 0.6 is 0 Å². The van der Waals surface area contributed by atoms with Crippen LogP contribution < -0.4 is 0 Å². The molecule has 1 heterocycles. The summed E-state index contributed by atoms with van der Waals surface area (Å²) in [6.07, 6.45) is 0.591. The normalized spacial score (nSPS) is 21.6. The van der Waals surface area contributed by atoms with E-state index in [2.05, 4.69) is 0 Å². The van der Waals surface area contributed by atoms with E-state index in [1.54, 1.807) is 6.07 Å². The molecule has 1 aliphatic rings. The first kappa shape index (κ1) is 16.6. The van der Waals surface area contributed by atoms with Crippen molar-refractivity contribution in [3.8, 4) is 0 Å². The molecule has 24 heavy (non-hydrogen) atoms. The van der Waals surface area contributed by atoms with Gasteiger partial charge in [-0.05, 0) is 35.6 Å². The second kappa shape index (κ2) is 7.09. The lowest BCUT2D eigenvalue weighted by Crippen LogP contribution is -2.41. The monoisotopic (exact) mass is 331 g/mol. The average molecular weight is 331 g/mol. The minimum Gasteiger partial charge on any atom is -0.481 e. The Balaban J connectivity index is 1.78. The maximum absolute atomic E-state index is 13.4. The molecule has 3 nitrogen and oxygen atoms in total. The Morgan fingerprint density at radius 3 is 2.50 bits per heavy atom. The van der Waals surface area contributed by atoms with Crippen molar-refractivity contribution in [2.24, 2.45) is 5.92 Å². The second-order valence-corrected chi connectivity index (χ2v) is 6.32. The quantitative estimate of drug-likeness (QED) is 0.929. The van der Waals surface area contributed by atoms with Crippen LogP contribution in [-0.2, 0) is 11.3 Å². The SMILES string of the molecule is O=C(O)C1CC(c2ccccc2)CN(Cc2ccc(F)c(F)c2)C1. The highest BCUT2D eigenvalue weighted by molar-refractivity contribution is 5.70. The summed E-state index contributed by atoms with van der Waals surface area (Å²) in [7, 11) is 0. The lowest BCUT2D eigenvalue weighted by Gasteiger charge is -2.36. The summed E-state index contributed by atoms with van der Waals surface area (Å²) in [6.45, 7) is 1.52. The molecule has 2 unspecified atom stereocenters. The summed E-state index contributed by atoms with van der Waals surface area (Å²) < 4.78 is 26.5. The molecule has 0 radical (unpaired) electrons. The van der Waals surface area contributed by atoms with E-state index in [0.717, 1.165) is 11.6 Å². The molecule has 0 bridgehead atoms. The molecule has 2 atom stereocenters. The lowest BCUT2D eigenvalue weighted by molar-refractivity contribution is -0.144. The van der Waals surface area contributed by atoms with Gasteiger partial charge in [-0.3, -0.25) is 9.69 Å². The highest BCUT2D eigenvalue weighted by Crippen LogP contribution is 2.31. The molecule has 0 spiro atoms. The van der Waals surface area contributed by atoms with E-state index < -0.39 is 23.5 Å². The Morgan fingerprint density at radius 1 is 1.08 bits per heavy atom. The first-order valence-corrected chi connectivity index (χ1v) is 7.97. The molecule has 1 N–H and O–H groups in total. The van der Waals surface area contributed by atoms with Gasteiger partial charge in [0, 0.05) is 19.6 Å². The van der Waals surface area contributed by atoms with Gasteiger partial charge in [-0.15, -0.1) is 0 Å². The molecule has 2 aromatic carbocycles. The average Bonchev–Trinajstić information content (AvgIpc) is 2.59. The van der Waals surface area contributed by atoms with Gasteiger partial charge in [0.05, 0.1) is 5.92 Å². The lowest BCUT2D eigenvalue weighted by atomic mass is 9.84. The molecule has 3 rings (SSSR count). The summed E-state index contributed by atoms with van der Waals surface area (Å²) >= 11 is 0. The van der Waals surface area contributed by atoms with E-state index in [1.807, 2.05) is 35.2 Å². The number of aliphatic carboxylic acids is 1. The fourth-order valence-electron chi connectivity index (χ4n) is 3.36. The summed E-state index contributed by atoms with van der Waals surface area (Å²) in [5.41, 5.74) is 1.76. The topological polar surface area (TPSA) is 40.5 Å². The number of piperidine rings is 1.